The Bertz CT molecular complexity index is 1210. The molecule has 2 aromatic carbocycles. The number of carbonyl (C=O) groups is 2. The van der Waals surface area contributed by atoms with Crippen LogP contribution in [0.25, 0.3) is 11.4 Å². The molecule has 194 valence electrons. The summed E-state index contributed by atoms with van der Waals surface area (Å²) in [5.74, 6) is 0.514. The van der Waals surface area contributed by atoms with Gasteiger partial charge in [0, 0.05) is 75.7 Å². The van der Waals surface area contributed by atoms with Crippen LogP contribution in [0.1, 0.15) is 12.5 Å². The molecule has 9 nitrogen and oxygen atoms in total. The Hall–Kier alpha value is -3.89. The highest BCUT2D eigenvalue weighted by Gasteiger charge is 2.20. The first-order valence-corrected chi connectivity index (χ1v) is 12.4. The third kappa shape index (κ3) is 7.80. The lowest BCUT2D eigenvalue weighted by atomic mass is 10.1. The van der Waals surface area contributed by atoms with Crippen molar-refractivity contribution < 1.29 is 14.0 Å². The standard InChI is InChI=1S/C27H32FN7O2/c1-20(36)29-12-13-30-24-9-5-3-7-22(24)27-31-11-10-25(33-27)32-26(37)19-35-16-14-34(15-17-35)18-21-6-2-4-8-23(21)28/h2-11,30H,12-19H2,1H3,(H,29,36)(H,31,32,33,37). The topological polar surface area (TPSA) is 102 Å². The van der Waals surface area contributed by atoms with Crippen molar-refractivity contribution >= 4 is 23.3 Å². The second kappa shape index (κ2) is 12.9. The van der Waals surface area contributed by atoms with Gasteiger partial charge in [-0.15, -0.1) is 0 Å². The molecular weight excluding hydrogens is 473 g/mol. The maximum absolute atomic E-state index is 13.9. The Morgan fingerprint density at radius 1 is 0.946 bits per heavy atom. The van der Waals surface area contributed by atoms with E-state index in [0.29, 0.717) is 36.8 Å². The van der Waals surface area contributed by atoms with E-state index in [2.05, 4.69) is 35.7 Å². The van der Waals surface area contributed by atoms with Gasteiger partial charge in [-0.1, -0.05) is 30.3 Å². The number of nitrogens with zero attached hydrogens (tertiary/aromatic N) is 4. The van der Waals surface area contributed by atoms with Crippen LogP contribution in [0, 0.1) is 5.82 Å². The minimum atomic E-state index is -0.183. The molecule has 0 unspecified atom stereocenters. The van der Waals surface area contributed by atoms with Crippen LogP contribution in [0.4, 0.5) is 15.9 Å². The summed E-state index contributed by atoms with van der Waals surface area (Å²) >= 11 is 0. The van der Waals surface area contributed by atoms with Gasteiger partial charge < -0.3 is 16.0 Å². The van der Waals surface area contributed by atoms with E-state index in [1.165, 1.54) is 13.0 Å². The Balaban J connectivity index is 1.29. The number of hydrogen-bond donors (Lipinski definition) is 3. The van der Waals surface area contributed by atoms with Crippen LogP contribution in [-0.2, 0) is 16.1 Å². The molecule has 37 heavy (non-hydrogen) atoms. The number of nitrogens with one attached hydrogen (secondary N) is 3. The highest BCUT2D eigenvalue weighted by Crippen LogP contribution is 2.25. The van der Waals surface area contributed by atoms with Crippen molar-refractivity contribution in [2.24, 2.45) is 0 Å². The van der Waals surface area contributed by atoms with Crippen molar-refractivity contribution in [3.8, 4) is 11.4 Å². The summed E-state index contributed by atoms with van der Waals surface area (Å²) in [5.41, 5.74) is 2.33. The van der Waals surface area contributed by atoms with E-state index in [0.717, 1.165) is 37.4 Å². The Morgan fingerprint density at radius 2 is 1.68 bits per heavy atom. The number of amides is 2. The fourth-order valence-corrected chi connectivity index (χ4v) is 4.18. The maximum Gasteiger partial charge on any atom is 0.239 e. The number of benzene rings is 2. The summed E-state index contributed by atoms with van der Waals surface area (Å²) in [5, 5.41) is 8.92. The molecule has 3 aromatic rings. The van der Waals surface area contributed by atoms with E-state index >= 15 is 0 Å². The van der Waals surface area contributed by atoms with Gasteiger partial charge in [-0.2, -0.15) is 0 Å². The van der Waals surface area contributed by atoms with E-state index < -0.39 is 0 Å². The predicted octanol–water partition coefficient (Wildman–Crippen LogP) is 2.59. The molecule has 1 aliphatic rings. The summed E-state index contributed by atoms with van der Waals surface area (Å²) in [6.07, 6.45) is 1.62. The van der Waals surface area contributed by atoms with Crippen LogP contribution >= 0.6 is 0 Å². The fourth-order valence-electron chi connectivity index (χ4n) is 4.18. The van der Waals surface area contributed by atoms with Crippen molar-refractivity contribution in [1.82, 2.24) is 25.1 Å². The lowest BCUT2D eigenvalue weighted by Gasteiger charge is -2.34. The van der Waals surface area contributed by atoms with Crippen LogP contribution in [0.15, 0.2) is 60.8 Å². The van der Waals surface area contributed by atoms with Gasteiger partial charge in [-0.05, 0) is 24.3 Å². The van der Waals surface area contributed by atoms with Gasteiger partial charge in [-0.3, -0.25) is 19.4 Å². The summed E-state index contributed by atoms with van der Waals surface area (Å²) < 4.78 is 13.9. The molecular formula is C27H32FN7O2. The number of aromatic nitrogens is 2. The highest BCUT2D eigenvalue weighted by molar-refractivity contribution is 5.91. The zero-order valence-electron chi connectivity index (χ0n) is 20.9. The first-order valence-electron chi connectivity index (χ1n) is 12.4. The van der Waals surface area contributed by atoms with Gasteiger partial charge in [0.2, 0.25) is 11.8 Å². The maximum atomic E-state index is 13.9. The molecule has 0 spiro atoms. The Labute approximate surface area is 216 Å². The van der Waals surface area contributed by atoms with E-state index in [1.807, 2.05) is 36.4 Å². The lowest BCUT2D eigenvalue weighted by Crippen LogP contribution is -2.48. The van der Waals surface area contributed by atoms with Crippen molar-refractivity contribution in [3.63, 3.8) is 0 Å². The van der Waals surface area contributed by atoms with E-state index in [4.69, 9.17) is 0 Å². The van der Waals surface area contributed by atoms with Crippen molar-refractivity contribution in [2.75, 3.05) is 56.4 Å². The van der Waals surface area contributed by atoms with Gasteiger partial charge >= 0.3 is 0 Å². The minimum absolute atomic E-state index is 0.0775. The Morgan fingerprint density at radius 3 is 2.46 bits per heavy atom. The second-order valence-corrected chi connectivity index (χ2v) is 8.91. The molecule has 1 fully saturated rings. The van der Waals surface area contributed by atoms with Gasteiger partial charge in [0.05, 0.1) is 6.54 Å². The average molecular weight is 506 g/mol. The third-order valence-electron chi connectivity index (χ3n) is 6.09. The first kappa shape index (κ1) is 26.2. The monoisotopic (exact) mass is 505 g/mol. The van der Waals surface area contributed by atoms with Crippen molar-refractivity contribution in [1.29, 1.82) is 0 Å². The fraction of sp³-hybridized carbons (Fsp3) is 0.333. The molecule has 10 heteroatoms. The summed E-state index contributed by atoms with van der Waals surface area (Å²) in [6, 6.07) is 16.1. The zero-order valence-corrected chi connectivity index (χ0v) is 20.9. The molecule has 1 saturated heterocycles. The van der Waals surface area contributed by atoms with E-state index in [1.54, 1.807) is 18.3 Å². The number of anilines is 2. The van der Waals surface area contributed by atoms with Crippen molar-refractivity contribution in [2.45, 2.75) is 13.5 Å². The molecule has 0 atom stereocenters. The molecule has 0 bridgehead atoms. The molecule has 2 amide bonds. The van der Waals surface area contributed by atoms with E-state index in [-0.39, 0.29) is 24.2 Å². The number of rotatable bonds is 10. The van der Waals surface area contributed by atoms with Crippen LogP contribution in [0.2, 0.25) is 0 Å². The molecule has 1 aliphatic heterocycles. The first-order chi connectivity index (χ1) is 18.0. The lowest BCUT2D eigenvalue weighted by molar-refractivity contribution is -0.119. The average Bonchev–Trinajstić information content (AvgIpc) is 2.89. The quantitative estimate of drug-likeness (QED) is 0.364. The Kier molecular flexibility index (Phi) is 9.12. The molecule has 0 aliphatic carbocycles. The van der Waals surface area contributed by atoms with Crippen LogP contribution in [0.5, 0.6) is 0 Å². The second-order valence-electron chi connectivity index (χ2n) is 8.91. The van der Waals surface area contributed by atoms with Crippen molar-refractivity contribution in [3.05, 3.63) is 72.2 Å². The molecule has 2 heterocycles. The van der Waals surface area contributed by atoms with Crippen LogP contribution in [0.3, 0.4) is 0 Å². The van der Waals surface area contributed by atoms with Crippen LogP contribution < -0.4 is 16.0 Å². The number of halogens is 1. The summed E-state index contributed by atoms with van der Waals surface area (Å²) in [4.78, 5) is 37.0. The minimum Gasteiger partial charge on any atom is -0.383 e. The molecule has 3 N–H and O–H groups in total. The molecule has 1 aromatic heterocycles. The van der Waals surface area contributed by atoms with E-state index in [9.17, 15) is 14.0 Å². The number of para-hydroxylation sites is 1. The molecule has 0 radical (unpaired) electrons. The van der Waals surface area contributed by atoms with Gasteiger partial charge in [0.25, 0.3) is 0 Å². The predicted molar refractivity (Wildman–Crippen MR) is 141 cm³/mol. The third-order valence-corrected chi connectivity index (χ3v) is 6.09. The highest BCUT2D eigenvalue weighted by atomic mass is 19.1. The summed E-state index contributed by atoms with van der Waals surface area (Å²) in [6.45, 7) is 6.36. The van der Waals surface area contributed by atoms with Gasteiger partial charge in [0.1, 0.15) is 11.6 Å². The number of piperazine rings is 1. The molecule has 4 rings (SSSR count). The normalized spacial score (nSPS) is 14.2. The smallest absolute Gasteiger partial charge is 0.239 e. The largest absolute Gasteiger partial charge is 0.383 e. The number of carbonyl (C=O) groups excluding carboxylic acids is 2. The van der Waals surface area contributed by atoms with Gasteiger partial charge in [0.15, 0.2) is 5.82 Å². The summed E-state index contributed by atoms with van der Waals surface area (Å²) in [7, 11) is 0. The van der Waals surface area contributed by atoms with Gasteiger partial charge in [-0.25, -0.2) is 14.4 Å². The molecule has 0 saturated carbocycles. The van der Waals surface area contributed by atoms with Crippen LogP contribution in [-0.4, -0.2) is 77.4 Å². The SMILES string of the molecule is CC(=O)NCCNc1ccccc1-c1nccc(NC(=O)CN2CCN(Cc3ccccc3F)CC2)n1. The zero-order chi connectivity index (χ0) is 26.0. The number of hydrogen-bond acceptors (Lipinski definition) is 7.